The molecule has 0 radical (unpaired) electrons. The second kappa shape index (κ2) is 3.49. The molecule has 0 saturated heterocycles. The van der Waals surface area contributed by atoms with Crippen molar-refractivity contribution in [3.8, 4) is 0 Å². The van der Waals surface area contributed by atoms with E-state index in [1.807, 2.05) is 0 Å². The summed E-state index contributed by atoms with van der Waals surface area (Å²) < 4.78 is 0. The molecule has 0 fully saturated rings. The molecule has 3 aliphatic rings. The summed E-state index contributed by atoms with van der Waals surface area (Å²) in [4.78, 5) is 12.9. The number of carbonyl (C=O) groups is 1. The molecule has 2 unspecified atom stereocenters. The second-order valence-electron chi connectivity index (χ2n) is 6.00. The smallest absolute Gasteiger partial charge is 0.155 e. The quantitative estimate of drug-likeness (QED) is 0.657. The van der Waals surface area contributed by atoms with Gasteiger partial charge in [0, 0.05) is 0 Å². The molecule has 3 aliphatic carbocycles. The Balaban J connectivity index is 2.03. The number of hydrogen-bond donors (Lipinski definition) is 0. The summed E-state index contributed by atoms with van der Waals surface area (Å²) in [6, 6.07) is 8.84. The lowest BCUT2D eigenvalue weighted by Crippen LogP contribution is -2.28. The van der Waals surface area contributed by atoms with Crippen molar-refractivity contribution in [2.45, 2.75) is 24.7 Å². The maximum Gasteiger partial charge on any atom is 0.155 e. The minimum absolute atomic E-state index is 0.0297. The first-order valence-electron chi connectivity index (χ1n) is 7.29. The van der Waals surface area contributed by atoms with Crippen LogP contribution in [0.3, 0.4) is 0 Å². The lowest BCUT2D eigenvalue weighted by atomic mass is 9.68. The van der Waals surface area contributed by atoms with Crippen molar-refractivity contribution in [3.63, 3.8) is 0 Å². The van der Waals surface area contributed by atoms with E-state index >= 15 is 0 Å². The Morgan fingerprint density at radius 3 is 1.90 bits per heavy atom. The molecule has 2 atom stereocenters. The van der Waals surface area contributed by atoms with Gasteiger partial charge < -0.3 is 0 Å². The van der Waals surface area contributed by atoms with Gasteiger partial charge in [0.1, 0.15) is 0 Å². The van der Waals surface area contributed by atoms with Gasteiger partial charge >= 0.3 is 0 Å². The van der Waals surface area contributed by atoms with Gasteiger partial charge in [-0.2, -0.15) is 0 Å². The maximum atomic E-state index is 12.9. The summed E-state index contributed by atoms with van der Waals surface area (Å²) in [7, 11) is 0. The summed E-state index contributed by atoms with van der Waals surface area (Å²) in [6.07, 6.45) is 10.4. The zero-order chi connectivity index (χ0) is 13.3. The van der Waals surface area contributed by atoms with Crippen LogP contribution in [0.1, 0.15) is 34.1 Å². The fourth-order valence-electron chi connectivity index (χ4n) is 4.15. The van der Waals surface area contributed by atoms with E-state index in [0.717, 1.165) is 12.8 Å². The predicted octanol–water partition coefficient (Wildman–Crippen LogP) is 3.81. The van der Waals surface area contributed by atoms with Crippen molar-refractivity contribution in [1.29, 1.82) is 0 Å². The van der Waals surface area contributed by atoms with Gasteiger partial charge in [-0.3, -0.25) is 4.79 Å². The number of rotatable bonds is 0. The Hall–Kier alpha value is -2.15. The van der Waals surface area contributed by atoms with Crippen LogP contribution >= 0.6 is 0 Å². The molecule has 0 aromatic heterocycles. The third-order valence-corrected chi connectivity index (χ3v) is 5.02. The number of allylic oxidation sites excluding steroid dienone is 4. The molecule has 1 heteroatoms. The molecule has 0 N–H and O–H groups in total. The van der Waals surface area contributed by atoms with Crippen LogP contribution in [-0.2, 0) is 17.6 Å². The Morgan fingerprint density at radius 2 is 1.35 bits per heavy atom. The average molecular weight is 258 g/mol. The number of hydrogen-bond acceptors (Lipinski definition) is 1. The summed E-state index contributed by atoms with van der Waals surface area (Å²) in [5.41, 5.74) is 5.25. The lowest BCUT2D eigenvalue weighted by Gasteiger charge is -2.34. The molecule has 20 heavy (non-hydrogen) atoms. The minimum atomic E-state index is -0.0297. The van der Waals surface area contributed by atoms with Crippen molar-refractivity contribution in [3.05, 3.63) is 70.8 Å². The second-order valence-corrected chi connectivity index (χ2v) is 6.00. The van der Waals surface area contributed by atoms with Crippen LogP contribution in [0.4, 0.5) is 0 Å². The van der Waals surface area contributed by atoms with Crippen molar-refractivity contribution in [1.82, 2.24) is 0 Å². The van der Waals surface area contributed by atoms with Gasteiger partial charge in [-0.15, -0.1) is 0 Å². The highest BCUT2D eigenvalue weighted by atomic mass is 16.1. The highest BCUT2D eigenvalue weighted by Crippen LogP contribution is 2.47. The van der Waals surface area contributed by atoms with Gasteiger partial charge in [0.05, 0.1) is 11.8 Å². The largest absolute Gasteiger partial charge is 0.298 e. The Labute approximate surface area is 117 Å². The Morgan fingerprint density at radius 1 is 0.800 bits per heavy atom. The molecule has 0 heterocycles. The van der Waals surface area contributed by atoms with Gasteiger partial charge in [0.15, 0.2) is 5.78 Å². The number of carbonyl (C=O) groups excluding carboxylic acids is 1. The molecule has 0 bridgehead atoms. The molecular weight excluding hydrogens is 244 g/mol. The predicted molar refractivity (Wildman–Crippen MR) is 80.1 cm³/mol. The first kappa shape index (κ1) is 10.6. The first-order chi connectivity index (χ1) is 9.84. The third kappa shape index (κ3) is 1.12. The van der Waals surface area contributed by atoms with Crippen molar-refractivity contribution >= 4 is 16.6 Å². The van der Waals surface area contributed by atoms with Crippen LogP contribution in [-0.4, -0.2) is 5.78 Å². The fraction of sp³-hybridized carbons (Fsp3) is 0.211. The maximum absolute atomic E-state index is 12.9. The highest BCUT2D eigenvalue weighted by molar-refractivity contribution is 6.08. The van der Waals surface area contributed by atoms with Crippen LogP contribution in [0.25, 0.3) is 10.8 Å². The van der Waals surface area contributed by atoms with Crippen LogP contribution in [0, 0.1) is 0 Å². The van der Waals surface area contributed by atoms with Crippen molar-refractivity contribution in [2.75, 3.05) is 0 Å². The number of Topliss-reactive ketones (excluding diaryl/α,β-unsaturated/α-hetero) is 1. The van der Waals surface area contributed by atoms with Crippen LogP contribution in [0.5, 0.6) is 0 Å². The molecule has 0 spiro atoms. The van der Waals surface area contributed by atoms with E-state index in [1.165, 1.54) is 33.0 Å². The molecule has 2 aromatic carbocycles. The molecule has 5 rings (SSSR count). The molecule has 0 aliphatic heterocycles. The van der Waals surface area contributed by atoms with Gasteiger partial charge in [-0.1, -0.05) is 48.6 Å². The zero-order valence-electron chi connectivity index (χ0n) is 11.1. The standard InChI is InChI=1S/C19H14O/c20-19-14-5-1-3-11-7-9-13-10-8-12-4-2-6-15(19)17(12)18(13)16(11)14/h1-2,5-10,14-15H,3-4H2. The van der Waals surface area contributed by atoms with E-state index in [-0.39, 0.29) is 11.8 Å². The van der Waals surface area contributed by atoms with Gasteiger partial charge in [0.25, 0.3) is 0 Å². The molecule has 0 amide bonds. The van der Waals surface area contributed by atoms with E-state index in [1.54, 1.807) is 0 Å². The van der Waals surface area contributed by atoms with Crippen LogP contribution in [0.15, 0.2) is 48.6 Å². The first-order valence-corrected chi connectivity index (χ1v) is 7.29. The van der Waals surface area contributed by atoms with Gasteiger partial charge in [-0.05, 0) is 45.9 Å². The SMILES string of the molecule is O=C1C2C=CCc3ccc4ccc5c(c4c32)C1C=CC5. The Bertz CT molecular complexity index is 774. The van der Waals surface area contributed by atoms with Crippen LogP contribution in [0.2, 0.25) is 0 Å². The summed E-state index contributed by atoms with van der Waals surface area (Å²) in [5.74, 6) is 0.293. The number of benzene rings is 2. The van der Waals surface area contributed by atoms with Gasteiger partial charge in [-0.25, -0.2) is 0 Å². The molecule has 96 valence electrons. The minimum Gasteiger partial charge on any atom is -0.298 e. The van der Waals surface area contributed by atoms with Crippen molar-refractivity contribution in [2.24, 2.45) is 0 Å². The fourth-order valence-corrected chi connectivity index (χ4v) is 4.15. The monoisotopic (exact) mass is 258 g/mol. The molecule has 0 saturated carbocycles. The van der Waals surface area contributed by atoms with E-state index < -0.39 is 0 Å². The number of ketones is 1. The van der Waals surface area contributed by atoms with Crippen molar-refractivity contribution < 1.29 is 4.79 Å². The molecule has 2 aromatic rings. The van der Waals surface area contributed by atoms with Crippen LogP contribution < -0.4 is 0 Å². The average Bonchev–Trinajstić information content (AvgIpc) is 2.51. The van der Waals surface area contributed by atoms with E-state index in [2.05, 4.69) is 48.6 Å². The molecular formula is C19H14O. The topological polar surface area (TPSA) is 17.1 Å². The lowest BCUT2D eigenvalue weighted by molar-refractivity contribution is -0.120. The normalized spacial score (nSPS) is 25.3. The van der Waals surface area contributed by atoms with Gasteiger partial charge in [0.2, 0.25) is 0 Å². The molecule has 1 nitrogen and oxygen atoms in total. The summed E-state index contributed by atoms with van der Waals surface area (Å²) in [6.45, 7) is 0. The third-order valence-electron chi connectivity index (χ3n) is 5.02. The van der Waals surface area contributed by atoms with E-state index in [0.29, 0.717) is 5.78 Å². The highest BCUT2D eigenvalue weighted by Gasteiger charge is 2.38. The van der Waals surface area contributed by atoms with E-state index in [9.17, 15) is 4.79 Å². The van der Waals surface area contributed by atoms with E-state index in [4.69, 9.17) is 0 Å². The summed E-state index contributed by atoms with van der Waals surface area (Å²) in [5, 5.41) is 2.65. The Kier molecular flexibility index (Phi) is 1.85. The zero-order valence-corrected chi connectivity index (χ0v) is 11.1. The summed E-state index contributed by atoms with van der Waals surface area (Å²) >= 11 is 0.